The first-order valence-corrected chi connectivity index (χ1v) is 7.57. The van der Waals surface area contributed by atoms with Gasteiger partial charge < -0.3 is 9.15 Å². The number of hydrogen-bond donors (Lipinski definition) is 0. The fourth-order valence-corrected chi connectivity index (χ4v) is 2.30. The monoisotopic (exact) mass is 348 g/mol. The Morgan fingerprint density at radius 1 is 1.15 bits per heavy atom. The SMILES string of the molecule is N#Cc1cccc(COC(=O)c2ccc(-c3ccc([N+](=O)[O-])cc3)o2)c1. The summed E-state index contributed by atoms with van der Waals surface area (Å²) in [6.07, 6.45) is 0. The van der Waals surface area contributed by atoms with Crippen molar-refractivity contribution in [2.75, 3.05) is 0 Å². The average molecular weight is 348 g/mol. The Labute approximate surface area is 148 Å². The third-order valence-corrected chi connectivity index (χ3v) is 3.60. The number of furan rings is 1. The van der Waals surface area contributed by atoms with Crippen LogP contribution in [-0.4, -0.2) is 10.9 Å². The molecule has 0 N–H and O–H groups in total. The normalized spacial score (nSPS) is 10.1. The van der Waals surface area contributed by atoms with E-state index in [0.29, 0.717) is 22.5 Å². The molecule has 3 rings (SSSR count). The molecule has 7 heteroatoms. The molecular formula is C19H12N2O5. The van der Waals surface area contributed by atoms with Gasteiger partial charge in [-0.2, -0.15) is 5.26 Å². The first kappa shape index (κ1) is 16.9. The van der Waals surface area contributed by atoms with E-state index in [0.717, 1.165) is 0 Å². The molecule has 1 heterocycles. The molecule has 0 bridgehead atoms. The highest BCUT2D eigenvalue weighted by Gasteiger charge is 2.15. The number of nitro groups is 1. The highest BCUT2D eigenvalue weighted by Crippen LogP contribution is 2.25. The molecule has 0 aliphatic carbocycles. The molecule has 26 heavy (non-hydrogen) atoms. The fraction of sp³-hybridized carbons (Fsp3) is 0.0526. The van der Waals surface area contributed by atoms with Gasteiger partial charge in [0.25, 0.3) is 5.69 Å². The molecule has 0 aliphatic rings. The van der Waals surface area contributed by atoms with Crippen LogP contribution in [0.4, 0.5) is 5.69 Å². The Balaban J connectivity index is 1.67. The molecule has 0 saturated carbocycles. The summed E-state index contributed by atoms with van der Waals surface area (Å²) in [5, 5.41) is 19.5. The Kier molecular flexibility index (Phi) is 4.76. The predicted molar refractivity (Wildman–Crippen MR) is 91.1 cm³/mol. The lowest BCUT2D eigenvalue weighted by molar-refractivity contribution is -0.384. The van der Waals surface area contributed by atoms with Gasteiger partial charge >= 0.3 is 5.97 Å². The quantitative estimate of drug-likeness (QED) is 0.390. The molecule has 2 aromatic carbocycles. The molecular weight excluding hydrogens is 336 g/mol. The van der Waals surface area contributed by atoms with E-state index >= 15 is 0 Å². The smallest absolute Gasteiger partial charge is 0.374 e. The molecule has 0 unspecified atom stereocenters. The van der Waals surface area contributed by atoms with E-state index in [1.165, 1.54) is 18.2 Å². The van der Waals surface area contributed by atoms with Gasteiger partial charge in [0.05, 0.1) is 16.6 Å². The molecule has 0 amide bonds. The first-order valence-electron chi connectivity index (χ1n) is 7.57. The maximum atomic E-state index is 12.1. The van der Waals surface area contributed by atoms with Crippen LogP contribution < -0.4 is 0 Å². The molecule has 7 nitrogen and oxygen atoms in total. The Bertz CT molecular complexity index is 999. The summed E-state index contributed by atoms with van der Waals surface area (Å²) >= 11 is 0. The van der Waals surface area contributed by atoms with Crippen molar-refractivity contribution in [2.45, 2.75) is 6.61 Å². The topological polar surface area (TPSA) is 106 Å². The van der Waals surface area contributed by atoms with E-state index in [4.69, 9.17) is 14.4 Å². The highest BCUT2D eigenvalue weighted by molar-refractivity contribution is 5.87. The van der Waals surface area contributed by atoms with Crippen LogP contribution in [0.3, 0.4) is 0 Å². The number of esters is 1. The molecule has 0 atom stereocenters. The number of rotatable bonds is 5. The van der Waals surface area contributed by atoms with E-state index in [1.54, 1.807) is 42.5 Å². The van der Waals surface area contributed by atoms with Crippen LogP contribution in [0.25, 0.3) is 11.3 Å². The van der Waals surface area contributed by atoms with Gasteiger partial charge in [-0.25, -0.2) is 4.79 Å². The fourth-order valence-electron chi connectivity index (χ4n) is 2.30. The van der Waals surface area contributed by atoms with Gasteiger partial charge in [-0.1, -0.05) is 12.1 Å². The number of nitro benzene ring substituents is 1. The second kappa shape index (κ2) is 7.32. The summed E-state index contributed by atoms with van der Waals surface area (Å²) < 4.78 is 10.7. The van der Waals surface area contributed by atoms with Crippen molar-refractivity contribution < 1.29 is 18.9 Å². The lowest BCUT2D eigenvalue weighted by Crippen LogP contribution is -2.04. The van der Waals surface area contributed by atoms with Crippen LogP contribution in [0.1, 0.15) is 21.7 Å². The second-order valence-electron chi connectivity index (χ2n) is 5.36. The third kappa shape index (κ3) is 3.76. The third-order valence-electron chi connectivity index (χ3n) is 3.60. The van der Waals surface area contributed by atoms with Crippen molar-refractivity contribution in [1.29, 1.82) is 5.26 Å². The van der Waals surface area contributed by atoms with E-state index in [-0.39, 0.29) is 18.1 Å². The van der Waals surface area contributed by atoms with E-state index in [2.05, 4.69) is 0 Å². The average Bonchev–Trinajstić information content (AvgIpc) is 3.16. The van der Waals surface area contributed by atoms with Crippen LogP contribution in [0.2, 0.25) is 0 Å². The number of nitriles is 1. The Morgan fingerprint density at radius 2 is 1.92 bits per heavy atom. The van der Waals surface area contributed by atoms with Crippen LogP contribution in [0.5, 0.6) is 0 Å². The zero-order valence-corrected chi connectivity index (χ0v) is 13.4. The van der Waals surface area contributed by atoms with Gasteiger partial charge in [0.2, 0.25) is 5.76 Å². The van der Waals surface area contributed by atoms with Gasteiger partial charge in [-0.3, -0.25) is 10.1 Å². The number of ether oxygens (including phenoxy) is 1. The maximum Gasteiger partial charge on any atom is 0.374 e. The zero-order valence-electron chi connectivity index (χ0n) is 13.4. The van der Waals surface area contributed by atoms with Crippen molar-refractivity contribution in [3.63, 3.8) is 0 Å². The van der Waals surface area contributed by atoms with E-state index < -0.39 is 10.9 Å². The minimum Gasteiger partial charge on any atom is -0.455 e. The number of non-ortho nitro benzene ring substituents is 1. The largest absolute Gasteiger partial charge is 0.455 e. The summed E-state index contributed by atoms with van der Waals surface area (Å²) in [5.74, 6) is -0.214. The summed E-state index contributed by atoms with van der Waals surface area (Å²) in [7, 11) is 0. The van der Waals surface area contributed by atoms with Gasteiger partial charge in [-0.15, -0.1) is 0 Å². The summed E-state index contributed by atoms with van der Waals surface area (Å²) in [4.78, 5) is 22.3. The molecule has 0 fully saturated rings. The lowest BCUT2D eigenvalue weighted by atomic mass is 10.1. The van der Waals surface area contributed by atoms with Crippen LogP contribution in [0, 0.1) is 21.4 Å². The molecule has 0 saturated heterocycles. The van der Waals surface area contributed by atoms with Crippen molar-refractivity contribution in [3.8, 4) is 17.4 Å². The molecule has 3 aromatic rings. The number of carbonyl (C=O) groups excluding carboxylic acids is 1. The van der Waals surface area contributed by atoms with E-state index in [1.807, 2.05) is 6.07 Å². The van der Waals surface area contributed by atoms with Gasteiger partial charge in [0.1, 0.15) is 12.4 Å². The van der Waals surface area contributed by atoms with Gasteiger partial charge in [0.15, 0.2) is 0 Å². The van der Waals surface area contributed by atoms with Crippen molar-refractivity contribution in [1.82, 2.24) is 0 Å². The predicted octanol–water partition coefficient (Wildman–Crippen LogP) is 4.08. The minimum atomic E-state index is -0.638. The van der Waals surface area contributed by atoms with Crippen molar-refractivity contribution in [3.05, 3.63) is 87.7 Å². The Morgan fingerprint density at radius 3 is 2.62 bits per heavy atom. The maximum absolute atomic E-state index is 12.1. The molecule has 0 aliphatic heterocycles. The molecule has 0 spiro atoms. The Hall–Kier alpha value is -3.92. The highest BCUT2D eigenvalue weighted by atomic mass is 16.6. The number of hydrogen-bond acceptors (Lipinski definition) is 6. The molecule has 0 radical (unpaired) electrons. The van der Waals surface area contributed by atoms with Crippen LogP contribution in [0.15, 0.2) is 65.1 Å². The number of benzene rings is 2. The van der Waals surface area contributed by atoms with E-state index in [9.17, 15) is 14.9 Å². The molecule has 128 valence electrons. The van der Waals surface area contributed by atoms with Crippen molar-refractivity contribution >= 4 is 11.7 Å². The molecule has 1 aromatic heterocycles. The zero-order chi connectivity index (χ0) is 18.5. The van der Waals surface area contributed by atoms with Gasteiger partial charge in [-0.05, 0) is 42.0 Å². The van der Waals surface area contributed by atoms with Crippen molar-refractivity contribution in [2.24, 2.45) is 0 Å². The standard InChI is InChI=1S/C19H12N2O5/c20-11-13-2-1-3-14(10-13)12-25-19(22)18-9-8-17(26-18)15-4-6-16(7-5-15)21(23)24/h1-10H,12H2. The number of carbonyl (C=O) groups is 1. The summed E-state index contributed by atoms with van der Waals surface area (Å²) in [5.41, 5.74) is 1.76. The minimum absolute atomic E-state index is 0.0158. The second-order valence-corrected chi connectivity index (χ2v) is 5.36. The summed E-state index contributed by atoms with van der Waals surface area (Å²) in [6, 6.07) is 17.6. The summed E-state index contributed by atoms with van der Waals surface area (Å²) in [6.45, 7) is 0.0158. The van der Waals surface area contributed by atoms with Crippen LogP contribution >= 0.6 is 0 Å². The van der Waals surface area contributed by atoms with Gasteiger partial charge in [0, 0.05) is 17.7 Å². The number of nitrogens with zero attached hydrogens (tertiary/aromatic N) is 2. The van der Waals surface area contributed by atoms with Crippen LogP contribution in [-0.2, 0) is 11.3 Å². The lowest BCUT2D eigenvalue weighted by Gasteiger charge is -2.03. The first-order chi connectivity index (χ1) is 12.6.